The summed E-state index contributed by atoms with van der Waals surface area (Å²) in [5, 5.41) is 3.17. The Morgan fingerprint density at radius 1 is 1.05 bits per heavy atom. The van der Waals surface area contributed by atoms with Crippen LogP contribution < -0.4 is 10.1 Å². The monoisotopic (exact) mass is 265 g/mol. The topological polar surface area (TPSA) is 30.5 Å². The van der Waals surface area contributed by atoms with Crippen molar-refractivity contribution in [3.8, 4) is 5.75 Å². The summed E-state index contributed by atoms with van der Waals surface area (Å²) in [5.41, 5.74) is 1.35. The molecule has 1 aromatic carbocycles. The Morgan fingerprint density at radius 2 is 1.89 bits per heavy atom. The fourth-order valence-electron chi connectivity index (χ4n) is 1.98. The molecule has 0 saturated carbocycles. The smallest absolute Gasteiger partial charge is 0.119 e. The molecule has 0 saturated heterocycles. The molecular formula is C16H27NO2. The molecule has 3 heteroatoms. The van der Waals surface area contributed by atoms with E-state index in [1.54, 1.807) is 7.11 Å². The second-order valence-electron chi connectivity index (χ2n) is 4.76. The Balaban J connectivity index is 2.20. The molecule has 0 amide bonds. The summed E-state index contributed by atoms with van der Waals surface area (Å²) in [7, 11) is 3.74. The predicted molar refractivity (Wildman–Crippen MR) is 79.9 cm³/mol. The van der Waals surface area contributed by atoms with Crippen LogP contribution >= 0.6 is 0 Å². The quantitative estimate of drug-likeness (QED) is 0.624. The minimum Gasteiger partial charge on any atom is -0.494 e. The van der Waals surface area contributed by atoms with Gasteiger partial charge in [-0.05, 0) is 63.4 Å². The number of nitrogens with one attached hydrogen (secondary N) is 1. The molecule has 0 aliphatic carbocycles. The number of methoxy groups -OCH3 is 1. The van der Waals surface area contributed by atoms with Crippen molar-refractivity contribution in [1.82, 2.24) is 5.32 Å². The van der Waals surface area contributed by atoms with E-state index in [1.807, 2.05) is 13.1 Å². The van der Waals surface area contributed by atoms with Gasteiger partial charge in [-0.2, -0.15) is 0 Å². The summed E-state index contributed by atoms with van der Waals surface area (Å²) in [6, 6.07) is 8.44. The first-order chi connectivity index (χ1) is 9.36. The van der Waals surface area contributed by atoms with Gasteiger partial charge >= 0.3 is 0 Å². The van der Waals surface area contributed by atoms with Gasteiger partial charge in [0.2, 0.25) is 0 Å². The minimum absolute atomic E-state index is 0.795. The molecule has 0 unspecified atom stereocenters. The Morgan fingerprint density at radius 3 is 2.68 bits per heavy atom. The molecule has 0 aliphatic rings. The van der Waals surface area contributed by atoms with Gasteiger partial charge in [0.25, 0.3) is 0 Å². The van der Waals surface area contributed by atoms with Crippen LogP contribution in [0.25, 0.3) is 0 Å². The molecule has 0 heterocycles. The maximum absolute atomic E-state index is 5.78. The first-order valence-electron chi connectivity index (χ1n) is 7.22. The summed E-state index contributed by atoms with van der Waals surface area (Å²) < 4.78 is 10.8. The van der Waals surface area contributed by atoms with Crippen molar-refractivity contribution < 1.29 is 9.47 Å². The standard InChI is InChI=1S/C16H27NO2/c1-17-11-7-9-15-8-6-10-16(14-15)19-13-5-3-4-12-18-2/h6,8,10,14,17H,3-5,7,9,11-13H2,1-2H3. The summed E-state index contributed by atoms with van der Waals surface area (Å²) in [4.78, 5) is 0. The van der Waals surface area contributed by atoms with Gasteiger partial charge in [0.05, 0.1) is 6.61 Å². The van der Waals surface area contributed by atoms with Gasteiger partial charge in [-0.3, -0.25) is 0 Å². The normalized spacial score (nSPS) is 10.6. The molecule has 0 aliphatic heterocycles. The summed E-state index contributed by atoms with van der Waals surface area (Å²) in [6.07, 6.45) is 5.63. The van der Waals surface area contributed by atoms with E-state index in [4.69, 9.17) is 9.47 Å². The van der Waals surface area contributed by atoms with Crippen LogP contribution in [0.3, 0.4) is 0 Å². The summed E-state index contributed by atoms with van der Waals surface area (Å²) >= 11 is 0. The Bertz CT molecular complexity index is 328. The van der Waals surface area contributed by atoms with Crippen molar-refractivity contribution in [2.75, 3.05) is 33.9 Å². The van der Waals surface area contributed by atoms with Crippen LogP contribution in [0.15, 0.2) is 24.3 Å². The highest BCUT2D eigenvalue weighted by molar-refractivity contribution is 5.28. The second-order valence-corrected chi connectivity index (χ2v) is 4.76. The van der Waals surface area contributed by atoms with Crippen molar-refractivity contribution in [2.45, 2.75) is 32.1 Å². The van der Waals surface area contributed by atoms with E-state index in [-0.39, 0.29) is 0 Å². The highest BCUT2D eigenvalue weighted by atomic mass is 16.5. The lowest BCUT2D eigenvalue weighted by Gasteiger charge is -2.08. The van der Waals surface area contributed by atoms with Crippen molar-refractivity contribution in [3.63, 3.8) is 0 Å². The van der Waals surface area contributed by atoms with Gasteiger partial charge in [-0.15, -0.1) is 0 Å². The molecule has 3 nitrogen and oxygen atoms in total. The predicted octanol–water partition coefficient (Wildman–Crippen LogP) is 3.03. The third kappa shape index (κ3) is 7.85. The van der Waals surface area contributed by atoms with E-state index in [2.05, 4.69) is 23.5 Å². The van der Waals surface area contributed by atoms with Crippen molar-refractivity contribution in [3.05, 3.63) is 29.8 Å². The van der Waals surface area contributed by atoms with Gasteiger partial charge in [0.1, 0.15) is 5.75 Å². The number of hydrogen-bond acceptors (Lipinski definition) is 3. The molecule has 0 aromatic heterocycles. The van der Waals surface area contributed by atoms with E-state index in [0.717, 1.165) is 57.6 Å². The SMILES string of the molecule is CNCCCc1cccc(OCCCCCOC)c1. The third-order valence-corrected chi connectivity index (χ3v) is 3.05. The molecule has 0 atom stereocenters. The lowest BCUT2D eigenvalue weighted by atomic mass is 10.1. The van der Waals surface area contributed by atoms with Crippen LogP contribution in [0.5, 0.6) is 5.75 Å². The number of hydrogen-bond donors (Lipinski definition) is 1. The van der Waals surface area contributed by atoms with Crippen molar-refractivity contribution in [1.29, 1.82) is 0 Å². The number of benzene rings is 1. The van der Waals surface area contributed by atoms with Gasteiger partial charge in [0.15, 0.2) is 0 Å². The molecule has 0 bridgehead atoms. The largest absolute Gasteiger partial charge is 0.494 e. The third-order valence-electron chi connectivity index (χ3n) is 3.05. The number of rotatable bonds is 11. The van der Waals surface area contributed by atoms with Gasteiger partial charge in [-0.1, -0.05) is 12.1 Å². The van der Waals surface area contributed by atoms with Crippen LogP contribution in [0, 0.1) is 0 Å². The Labute approximate surface area is 117 Å². The average Bonchev–Trinajstić information content (AvgIpc) is 2.43. The van der Waals surface area contributed by atoms with Crippen LogP contribution in [-0.2, 0) is 11.2 Å². The molecule has 108 valence electrons. The van der Waals surface area contributed by atoms with Crippen molar-refractivity contribution in [2.24, 2.45) is 0 Å². The molecule has 0 spiro atoms. The first-order valence-corrected chi connectivity index (χ1v) is 7.22. The zero-order chi connectivity index (χ0) is 13.8. The fraction of sp³-hybridized carbons (Fsp3) is 0.625. The Hall–Kier alpha value is -1.06. The molecule has 1 N–H and O–H groups in total. The fourth-order valence-corrected chi connectivity index (χ4v) is 1.98. The average molecular weight is 265 g/mol. The number of aryl methyl sites for hydroxylation is 1. The summed E-state index contributed by atoms with van der Waals surface area (Å²) in [6.45, 7) is 2.70. The van der Waals surface area contributed by atoms with E-state index in [1.165, 1.54) is 5.56 Å². The van der Waals surface area contributed by atoms with Gasteiger partial charge < -0.3 is 14.8 Å². The number of unbranched alkanes of at least 4 members (excludes halogenated alkanes) is 2. The highest BCUT2D eigenvalue weighted by Gasteiger charge is 1.97. The van der Waals surface area contributed by atoms with E-state index in [0.29, 0.717) is 0 Å². The second kappa shape index (κ2) is 10.8. The molecule has 0 fully saturated rings. The van der Waals surface area contributed by atoms with Crippen LogP contribution in [0.2, 0.25) is 0 Å². The maximum atomic E-state index is 5.78. The first kappa shape index (κ1) is 16.0. The molecule has 0 radical (unpaired) electrons. The van der Waals surface area contributed by atoms with Crippen LogP contribution in [0.1, 0.15) is 31.2 Å². The molecular weight excluding hydrogens is 238 g/mol. The van der Waals surface area contributed by atoms with E-state index in [9.17, 15) is 0 Å². The number of ether oxygens (including phenoxy) is 2. The molecule has 19 heavy (non-hydrogen) atoms. The van der Waals surface area contributed by atoms with Gasteiger partial charge in [-0.25, -0.2) is 0 Å². The van der Waals surface area contributed by atoms with Crippen LogP contribution in [-0.4, -0.2) is 33.9 Å². The van der Waals surface area contributed by atoms with Crippen LogP contribution in [0.4, 0.5) is 0 Å². The maximum Gasteiger partial charge on any atom is 0.119 e. The minimum atomic E-state index is 0.795. The highest BCUT2D eigenvalue weighted by Crippen LogP contribution is 2.15. The van der Waals surface area contributed by atoms with Crippen molar-refractivity contribution >= 4 is 0 Å². The molecule has 1 rings (SSSR count). The zero-order valence-corrected chi connectivity index (χ0v) is 12.3. The summed E-state index contributed by atoms with van der Waals surface area (Å²) in [5.74, 6) is 0.994. The lowest BCUT2D eigenvalue weighted by molar-refractivity contribution is 0.189. The molecule has 1 aromatic rings. The Kier molecular flexibility index (Phi) is 9.11. The zero-order valence-electron chi connectivity index (χ0n) is 12.3. The van der Waals surface area contributed by atoms with Gasteiger partial charge in [0, 0.05) is 13.7 Å². The lowest BCUT2D eigenvalue weighted by Crippen LogP contribution is -2.08. The van der Waals surface area contributed by atoms with E-state index < -0.39 is 0 Å². The van der Waals surface area contributed by atoms with E-state index >= 15 is 0 Å².